The Labute approximate surface area is 155 Å². The van der Waals surface area contributed by atoms with Crippen LogP contribution in [0.15, 0.2) is 71.6 Å². The lowest BCUT2D eigenvalue weighted by Crippen LogP contribution is -2.43. The van der Waals surface area contributed by atoms with Gasteiger partial charge in [0.1, 0.15) is 6.04 Å². The van der Waals surface area contributed by atoms with E-state index in [2.05, 4.69) is 40.0 Å². The topological polar surface area (TPSA) is 38.1 Å². The monoisotopic (exact) mass is 395 g/mol. The Morgan fingerprint density at radius 2 is 1.96 bits per heavy atom. The number of rotatable bonds is 3. The molecule has 25 heavy (non-hydrogen) atoms. The van der Waals surface area contributed by atoms with Crippen LogP contribution in [0.4, 0.5) is 0 Å². The maximum Gasteiger partial charge on any atom is 0.251 e. The molecule has 2 heterocycles. The van der Waals surface area contributed by atoms with Gasteiger partial charge >= 0.3 is 0 Å². The molecule has 0 spiro atoms. The maximum absolute atomic E-state index is 13.4. The molecule has 3 aromatic rings. The minimum absolute atomic E-state index is 0.00648. The van der Waals surface area contributed by atoms with Gasteiger partial charge in [0.2, 0.25) is 0 Å². The molecule has 2 unspecified atom stereocenters. The minimum atomic E-state index is -0.380. The number of carbonyl (C=O) groups excluding carboxylic acids is 1. The average Bonchev–Trinajstić information content (AvgIpc) is 3.09. The van der Waals surface area contributed by atoms with Crippen molar-refractivity contribution in [2.24, 2.45) is 0 Å². The van der Waals surface area contributed by atoms with Gasteiger partial charge in [0.25, 0.3) is 5.91 Å². The van der Waals surface area contributed by atoms with Gasteiger partial charge in [-0.3, -0.25) is 4.79 Å². The first kappa shape index (κ1) is 16.1. The smallest absolute Gasteiger partial charge is 0.251 e. The molecule has 1 amide bonds. The van der Waals surface area contributed by atoms with E-state index in [0.717, 1.165) is 21.3 Å². The molecule has 4 nitrogen and oxygen atoms in total. The number of imidazole rings is 1. The summed E-state index contributed by atoms with van der Waals surface area (Å²) in [6, 6.07) is 17.7. The summed E-state index contributed by atoms with van der Waals surface area (Å²) in [5.41, 5.74) is 3.15. The summed E-state index contributed by atoms with van der Waals surface area (Å²) in [5.74, 6) is 0.0972. The fourth-order valence-corrected chi connectivity index (χ4v) is 3.85. The van der Waals surface area contributed by atoms with Gasteiger partial charge in [-0.15, -0.1) is 0 Å². The second-order valence-electron chi connectivity index (χ2n) is 6.30. The predicted molar refractivity (Wildman–Crippen MR) is 99.9 cm³/mol. The molecule has 0 aliphatic carbocycles. The first-order chi connectivity index (χ1) is 12.1. The Morgan fingerprint density at radius 3 is 2.72 bits per heavy atom. The number of carbonyl (C=O) groups is 1. The van der Waals surface area contributed by atoms with E-state index in [1.807, 2.05) is 58.1 Å². The minimum Gasteiger partial charge on any atom is -0.328 e. The summed E-state index contributed by atoms with van der Waals surface area (Å²) >= 11 is 3.51. The van der Waals surface area contributed by atoms with E-state index in [1.165, 1.54) is 0 Å². The van der Waals surface area contributed by atoms with E-state index in [4.69, 9.17) is 0 Å². The Balaban J connectivity index is 1.76. The number of hydrogen-bond acceptors (Lipinski definition) is 2. The quantitative estimate of drug-likeness (QED) is 0.661. The molecule has 1 aromatic heterocycles. The zero-order valence-corrected chi connectivity index (χ0v) is 15.4. The number of halogens is 1. The van der Waals surface area contributed by atoms with Crippen LogP contribution in [0.25, 0.3) is 0 Å². The Bertz CT molecular complexity index is 906. The van der Waals surface area contributed by atoms with Gasteiger partial charge in [-0.2, -0.15) is 0 Å². The van der Waals surface area contributed by atoms with Gasteiger partial charge in [0, 0.05) is 10.7 Å². The number of nitrogens with zero attached hydrogens (tertiary/aromatic N) is 3. The summed E-state index contributed by atoms with van der Waals surface area (Å²) in [5, 5.41) is 0. The van der Waals surface area contributed by atoms with Crippen LogP contribution in [-0.4, -0.2) is 20.4 Å². The van der Waals surface area contributed by atoms with E-state index in [-0.39, 0.29) is 18.0 Å². The third-order valence-electron chi connectivity index (χ3n) is 4.79. The summed E-state index contributed by atoms with van der Waals surface area (Å²) in [6.45, 7) is 2.65. The molecule has 2 atom stereocenters. The summed E-state index contributed by atoms with van der Waals surface area (Å²) in [4.78, 5) is 19.6. The SMILES string of the molecule is CC(c1ccccc1)N1Cc2cncn2C(c2cccc(Br)c2)C1=O. The van der Waals surface area contributed by atoms with E-state index < -0.39 is 0 Å². The molecule has 2 aromatic carbocycles. The third kappa shape index (κ3) is 2.89. The molecular weight excluding hydrogens is 378 g/mol. The summed E-state index contributed by atoms with van der Waals surface area (Å²) < 4.78 is 2.95. The fourth-order valence-electron chi connectivity index (χ4n) is 3.43. The molecule has 1 aliphatic rings. The Morgan fingerprint density at radius 1 is 1.16 bits per heavy atom. The second-order valence-corrected chi connectivity index (χ2v) is 7.22. The number of benzene rings is 2. The van der Waals surface area contributed by atoms with Crippen molar-refractivity contribution in [2.45, 2.75) is 25.6 Å². The van der Waals surface area contributed by atoms with Gasteiger partial charge in [-0.05, 0) is 30.2 Å². The van der Waals surface area contributed by atoms with Crippen LogP contribution in [0.2, 0.25) is 0 Å². The molecule has 0 saturated carbocycles. The summed E-state index contributed by atoms with van der Waals surface area (Å²) in [6.07, 6.45) is 3.60. The van der Waals surface area contributed by atoms with Gasteiger partial charge in [0.15, 0.2) is 0 Å². The van der Waals surface area contributed by atoms with Crippen molar-refractivity contribution < 1.29 is 4.79 Å². The molecule has 0 N–H and O–H groups in total. The van der Waals surface area contributed by atoms with Crippen molar-refractivity contribution in [3.05, 3.63) is 88.4 Å². The van der Waals surface area contributed by atoms with Crippen molar-refractivity contribution in [2.75, 3.05) is 0 Å². The highest BCUT2D eigenvalue weighted by molar-refractivity contribution is 9.10. The first-order valence-electron chi connectivity index (χ1n) is 8.27. The summed E-state index contributed by atoms with van der Waals surface area (Å²) in [7, 11) is 0. The molecule has 4 rings (SSSR count). The normalized spacial score (nSPS) is 18.1. The van der Waals surface area contributed by atoms with Crippen LogP contribution in [0.5, 0.6) is 0 Å². The van der Waals surface area contributed by atoms with Gasteiger partial charge in [-0.25, -0.2) is 4.98 Å². The molecule has 5 heteroatoms. The zero-order chi connectivity index (χ0) is 17.4. The second kappa shape index (κ2) is 6.48. The van der Waals surface area contributed by atoms with Crippen molar-refractivity contribution in [3.8, 4) is 0 Å². The van der Waals surface area contributed by atoms with Crippen molar-refractivity contribution >= 4 is 21.8 Å². The largest absolute Gasteiger partial charge is 0.328 e. The van der Waals surface area contributed by atoms with Gasteiger partial charge in [-0.1, -0.05) is 58.4 Å². The van der Waals surface area contributed by atoms with Crippen LogP contribution in [0.1, 0.15) is 35.8 Å². The van der Waals surface area contributed by atoms with Crippen LogP contribution < -0.4 is 0 Å². The van der Waals surface area contributed by atoms with Crippen molar-refractivity contribution in [3.63, 3.8) is 0 Å². The molecule has 0 fully saturated rings. The first-order valence-corrected chi connectivity index (χ1v) is 9.06. The van der Waals surface area contributed by atoms with Gasteiger partial charge in [0.05, 0.1) is 24.6 Å². The van der Waals surface area contributed by atoms with Crippen LogP contribution in [-0.2, 0) is 11.3 Å². The Hall–Kier alpha value is -2.40. The Kier molecular flexibility index (Phi) is 4.17. The fraction of sp³-hybridized carbons (Fsp3) is 0.200. The molecular formula is C20H18BrN3O. The number of amides is 1. The van der Waals surface area contributed by atoms with Gasteiger partial charge < -0.3 is 9.47 Å². The van der Waals surface area contributed by atoms with Crippen molar-refractivity contribution in [1.82, 2.24) is 14.5 Å². The van der Waals surface area contributed by atoms with E-state index in [1.54, 1.807) is 6.33 Å². The lowest BCUT2D eigenvalue weighted by molar-refractivity contribution is -0.138. The highest BCUT2D eigenvalue weighted by Gasteiger charge is 2.36. The molecule has 0 radical (unpaired) electrons. The lowest BCUT2D eigenvalue weighted by Gasteiger charge is -2.38. The lowest BCUT2D eigenvalue weighted by atomic mass is 9.99. The van der Waals surface area contributed by atoms with Crippen molar-refractivity contribution in [1.29, 1.82) is 0 Å². The zero-order valence-electron chi connectivity index (χ0n) is 13.8. The number of hydrogen-bond donors (Lipinski definition) is 0. The van der Waals surface area contributed by atoms with E-state index >= 15 is 0 Å². The maximum atomic E-state index is 13.4. The molecule has 1 aliphatic heterocycles. The molecule has 0 saturated heterocycles. The molecule has 0 bridgehead atoms. The average molecular weight is 396 g/mol. The predicted octanol–water partition coefficient (Wildman–Crippen LogP) is 4.34. The number of fused-ring (bicyclic) bond motifs is 1. The van der Waals surface area contributed by atoms with Crippen LogP contribution in [0.3, 0.4) is 0 Å². The standard InChI is InChI=1S/C20H18BrN3O/c1-14(15-6-3-2-4-7-15)23-12-18-11-22-13-24(18)19(20(23)25)16-8-5-9-17(21)10-16/h2-11,13-14,19H,12H2,1H3. The third-order valence-corrected chi connectivity index (χ3v) is 5.28. The highest BCUT2D eigenvalue weighted by Crippen LogP contribution is 2.34. The van der Waals surface area contributed by atoms with Crippen LogP contribution >= 0.6 is 15.9 Å². The highest BCUT2D eigenvalue weighted by atomic mass is 79.9. The number of aromatic nitrogens is 2. The van der Waals surface area contributed by atoms with E-state index in [9.17, 15) is 4.79 Å². The molecule has 126 valence electrons. The van der Waals surface area contributed by atoms with Crippen LogP contribution in [0, 0.1) is 0 Å². The van der Waals surface area contributed by atoms with E-state index in [0.29, 0.717) is 6.54 Å².